The van der Waals surface area contributed by atoms with Gasteiger partial charge in [-0.15, -0.1) is 5.10 Å². The lowest BCUT2D eigenvalue weighted by atomic mass is 10.1. The summed E-state index contributed by atoms with van der Waals surface area (Å²) in [6, 6.07) is 5.96. The van der Waals surface area contributed by atoms with Crippen LogP contribution in [-0.2, 0) is 10.8 Å². The van der Waals surface area contributed by atoms with Crippen molar-refractivity contribution in [2.45, 2.75) is 5.16 Å². The van der Waals surface area contributed by atoms with E-state index in [0.29, 0.717) is 5.16 Å². The van der Waals surface area contributed by atoms with Crippen molar-refractivity contribution in [2.24, 2.45) is 0 Å². The zero-order valence-electron chi connectivity index (χ0n) is 11.2. The Bertz CT molecular complexity index is 987. The highest BCUT2D eigenvalue weighted by Gasteiger charge is 2.09. The summed E-state index contributed by atoms with van der Waals surface area (Å²) < 4.78 is 15.1. The van der Waals surface area contributed by atoms with E-state index in [9.17, 15) is 4.21 Å². The first kappa shape index (κ1) is 12.2. The maximum Gasteiger partial charge on any atom is 0.237 e. The summed E-state index contributed by atoms with van der Waals surface area (Å²) >= 11 is 0. The van der Waals surface area contributed by atoms with E-state index in [4.69, 9.17) is 0 Å². The highest BCUT2D eigenvalue weighted by molar-refractivity contribution is 7.84. The van der Waals surface area contributed by atoms with Crippen molar-refractivity contribution in [1.82, 2.24) is 24.0 Å². The standard InChI is InChI=1S/C14H11N5OS/c1-21(20)14-16-8-12-11(4-6-19(12)17-14)10-2-3-13-15-5-7-18(13)9-10/h2-9H,1H3. The van der Waals surface area contributed by atoms with Crippen molar-refractivity contribution in [3.05, 3.63) is 49.2 Å². The molecule has 0 aliphatic rings. The molecule has 0 bridgehead atoms. The van der Waals surface area contributed by atoms with Gasteiger partial charge in [0.05, 0.1) is 22.5 Å². The Kier molecular flexibility index (Phi) is 2.61. The molecule has 0 aliphatic heterocycles. The van der Waals surface area contributed by atoms with Gasteiger partial charge < -0.3 is 4.40 Å². The Labute approximate surface area is 122 Å². The number of pyridine rings is 1. The normalized spacial score (nSPS) is 13.0. The predicted octanol–water partition coefficient (Wildman–Crippen LogP) is 1.78. The van der Waals surface area contributed by atoms with Gasteiger partial charge in [-0.05, 0) is 18.2 Å². The molecule has 0 amide bonds. The molecule has 0 spiro atoms. The molecule has 0 N–H and O–H groups in total. The minimum atomic E-state index is -1.19. The van der Waals surface area contributed by atoms with Crippen LogP contribution in [0.25, 0.3) is 22.3 Å². The fourth-order valence-corrected chi connectivity index (χ4v) is 2.74. The molecule has 4 aromatic rings. The van der Waals surface area contributed by atoms with Crippen LogP contribution >= 0.6 is 0 Å². The molecule has 1 unspecified atom stereocenters. The van der Waals surface area contributed by atoms with Gasteiger partial charge in [-0.25, -0.2) is 14.5 Å². The minimum Gasteiger partial charge on any atom is -0.306 e. The molecule has 7 heteroatoms. The molecule has 1 atom stereocenters. The SMILES string of the molecule is CS(=O)c1ncc2c(-c3ccc4nccn4c3)ccn2n1. The van der Waals surface area contributed by atoms with Crippen LogP contribution in [0, 0.1) is 0 Å². The van der Waals surface area contributed by atoms with E-state index in [1.807, 2.05) is 41.2 Å². The quantitative estimate of drug-likeness (QED) is 0.566. The van der Waals surface area contributed by atoms with E-state index in [1.54, 1.807) is 23.2 Å². The highest BCUT2D eigenvalue weighted by atomic mass is 32.2. The summed E-state index contributed by atoms with van der Waals surface area (Å²) in [5.41, 5.74) is 3.86. The van der Waals surface area contributed by atoms with E-state index in [0.717, 1.165) is 22.3 Å². The number of hydrogen-bond acceptors (Lipinski definition) is 4. The fraction of sp³-hybridized carbons (Fsp3) is 0.0714. The molecule has 0 aliphatic carbocycles. The zero-order chi connectivity index (χ0) is 14.4. The molecule has 4 heterocycles. The number of nitrogens with zero attached hydrogens (tertiary/aromatic N) is 5. The molecular formula is C14H11N5OS. The number of hydrogen-bond donors (Lipinski definition) is 0. The van der Waals surface area contributed by atoms with Gasteiger partial charge in [0.15, 0.2) is 0 Å². The number of imidazole rings is 1. The number of fused-ring (bicyclic) bond motifs is 2. The van der Waals surface area contributed by atoms with Crippen LogP contribution in [0.3, 0.4) is 0 Å². The number of aromatic nitrogens is 5. The first-order valence-electron chi connectivity index (χ1n) is 6.33. The molecule has 104 valence electrons. The lowest BCUT2D eigenvalue weighted by Gasteiger charge is -2.02. The van der Waals surface area contributed by atoms with Crippen molar-refractivity contribution < 1.29 is 4.21 Å². The van der Waals surface area contributed by atoms with Crippen molar-refractivity contribution >= 4 is 22.0 Å². The molecule has 21 heavy (non-hydrogen) atoms. The molecule has 0 fully saturated rings. The van der Waals surface area contributed by atoms with Crippen molar-refractivity contribution in [3.63, 3.8) is 0 Å². The van der Waals surface area contributed by atoms with Crippen molar-refractivity contribution in [2.75, 3.05) is 6.26 Å². The average molecular weight is 297 g/mol. The third kappa shape index (κ3) is 1.93. The lowest BCUT2D eigenvalue weighted by Crippen LogP contribution is -2.01. The first-order valence-corrected chi connectivity index (χ1v) is 7.89. The van der Waals surface area contributed by atoms with Gasteiger partial charge in [0.2, 0.25) is 5.16 Å². The molecule has 0 aromatic carbocycles. The molecule has 6 nitrogen and oxygen atoms in total. The average Bonchev–Trinajstić information content (AvgIpc) is 3.12. The summed E-state index contributed by atoms with van der Waals surface area (Å²) in [6.07, 6.45) is 10.8. The Morgan fingerprint density at radius 3 is 2.90 bits per heavy atom. The van der Waals surface area contributed by atoms with Gasteiger partial charge >= 0.3 is 0 Å². The van der Waals surface area contributed by atoms with Crippen LogP contribution in [0.15, 0.2) is 54.3 Å². The highest BCUT2D eigenvalue weighted by Crippen LogP contribution is 2.25. The van der Waals surface area contributed by atoms with Crippen LogP contribution in [0.1, 0.15) is 0 Å². The van der Waals surface area contributed by atoms with E-state index in [2.05, 4.69) is 15.1 Å². The van der Waals surface area contributed by atoms with Gasteiger partial charge in [0, 0.05) is 42.2 Å². The second-order valence-corrected chi connectivity index (χ2v) is 5.94. The van der Waals surface area contributed by atoms with Gasteiger partial charge in [0.1, 0.15) is 5.65 Å². The largest absolute Gasteiger partial charge is 0.306 e. The first-order chi connectivity index (χ1) is 10.2. The summed E-state index contributed by atoms with van der Waals surface area (Å²) in [7, 11) is -1.19. The van der Waals surface area contributed by atoms with Crippen molar-refractivity contribution in [1.29, 1.82) is 0 Å². The second-order valence-electron chi connectivity index (χ2n) is 4.66. The lowest BCUT2D eigenvalue weighted by molar-refractivity contribution is 0.672. The maximum absolute atomic E-state index is 11.4. The summed E-state index contributed by atoms with van der Waals surface area (Å²) in [5.74, 6) is 0. The predicted molar refractivity (Wildman–Crippen MR) is 79.5 cm³/mol. The Hall–Kier alpha value is -2.54. The van der Waals surface area contributed by atoms with Crippen LogP contribution in [0.5, 0.6) is 0 Å². The van der Waals surface area contributed by atoms with Gasteiger partial charge in [-0.1, -0.05) is 0 Å². The van der Waals surface area contributed by atoms with Gasteiger partial charge in [-0.2, -0.15) is 0 Å². The van der Waals surface area contributed by atoms with E-state index >= 15 is 0 Å². The van der Waals surface area contributed by atoms with Gasteiger partial charge in [0.25, 0.3) is 0 Å². The van der Waals surface area contributed by atoms with Crippen LogP contribution < -0.4 is 0 Å². The Balaban J connectivity index is 1.91. The van der Waals surface area contributed by atoms with Crippen LogP contribution in [-0.4, -0.2) is 34.4 Å². The van der Waals surface area contributed by atoms with Crippen LogP contribution in [0.4, 0.5) is 0 Å². The molecule has 0 radical (unpaired) electrons. The zero-order valence-corrected chi connectivity index (χ0v) is 12.0. The maximum atomic E-state index is 11.4. The van der Waals surface area contributed by atoms with E-state index in [-0.39, 0.29) is 0 Å². The third-order valence-electron chi connectivity index (χ3n) is 3.35. The monoisotopic (exact) mass is 297 g/mol. The fourth-order valence-electron chi connectivity index (χ4n) is 2.34. The molecule has 4 rings (SSSR count). The minimum absolute atomic E-state index is 0.328. The molecule has 0 saturated heterocycles. The summed E-state index contributed by atoms with van der Waals surface area (Å²) in [6.45, 7) is 0. The third-order valence-corrected chi connectivity index (χ3v) is 4.05. The Morgan fingerprint density at radius 2 is 2.05 bits per heavy atom. The van der Waals surface area contributed by atoms with E-state index in [1.165, 1.54) is 0 Å². The van der Waals surface area contributed by atoms with E-state index < -0.39 is 10.8 Å². The smallest absolute Gasteiger partial charge is 0.237 e. The summed E-state index contributed by atoms with van der Waals surface area (Å²) in [4.78, 5) is 8.40. The molecule has 4 aromatic heterocycles. The van der Waals surface area contributed by atoms with Gasteiger partial charge in [-0.3, -0.25) is 4.21 Å². The number of rotatable bonds is 2. The topological polar surface area (TPSA) is 64.6 Å². The molecule has 0 saturated carbocycles. The Morgan fingerprint density at radius 1 is 1.14 bits per heavy atom. The summed E-state index contributed by atoms with van der Waals surface area (Å²) in [5, 5.41) is 4.59. The molecular weight excluding hydrogens is 286 g/mol. The van der Waals surface area contributed by atoms with Crippen molar-refractivity contribution in [3.8, 4) is 11.1 Å². The van der Waals surface area contributed by atoms with Crippen LogP contribution in [0.2, 0.25) is 0 Å². The second kappa shape index (κ2) is 4.49.